The van der Waals surface area contributed by atoms with Crippen molar-refractivity contribution in [3.63, 3.8) is 0 Å². The van der Waals surface area contributed by atoms with E-state index in [0.29, 0.717) is 5.56 Å². The molecule has 0 saturated carbocycles. The van der Waals surface area contributed by atoms with Gasteiger partial charge in [0.15, 0.2) is 5.41 Å². The van der Waals surface area contributed by atoms with Crippen molar-refractivity contribution in [2.75, 3.05) is 0 Å². The van der Waals surface area contributed by atoms with Crippen molar-refractivity contribution in [1.29, 1.82) is 0 Å². The second-order valence-corrected chi connectivity index (χ2v) is 3.94. The molecule has 0 amide bonds. The van der Waals surface area contributed by atoms with Crippen LogP contribution in [0.5, 0.6) is 0 Å². The minimum absolute atomic E-state index is 0. The van der Waals surface area contributed by atoms with Crippen molar-refractivity contribution >= 4 is 11.9 Å². The molecule has 0 spiro atoms. The summed E-state index contributed by atoms with van der Waals surface area (Å²) in [5.41, 5.74) is -1.58. The molecule has 1 rings (SSSR count). The monoisotopic (exact) mass is 246 g/mol. The Morgan fingerprint density at radius 2 is 1.53 bits per heavy atom. The number of rotatable bonds is 4. The summed E-state index contributed by atoms with van der Waals surface area (Å²) in [7, 11) is 0. The average molecular weight is 246 g/mol. The van der Waals surface area contributed by atoms with Gasteiger partial charge in [-0.3, -0.25) is 9.59 Å². The topological polar surface area (TPSA) is 74.6 Å². The Labute approximate surface area is 123 Å². The third-order valence-corrected chi connectivity index (χ3v) is 2.77. The van der Waals surface area contributed by atoms with Crippen LogP contribution in [0, 0.1) is 5.92 Å². The maximum Gasteiger partial charge on any atom is 1.00 e. The molecular formula is C12H15NaO4. The zero-order valence-electron chi connectivity index (χ0n) is 11.2. The van der Waals surface area contributed by atoms with Crippen LogP contribution >= 0.6 is 0 Å². The standard InChI is InChI=1S/C12H14O4.Na.H/c1-8(2)12(10(13)14,11(15)16)9-6-4-3-5-7-9;;/h3-8H,1-2H3,(H,13,14)(H,15,16);;/q;+1;-1. The van der Waals surface area contributed by atoms with Crippen molar-refractivity contribution in [1.82, 2.24) is 0 Å². The van der Waals surface area contributed by atoms with E-state index in [1.54, 1.807) is 32.0 Å². The number of carbonyl (C=O) groups is 2. The van der Waals surface area contributed by atoms with E-state index in [2.05, 4.69) is 0 Å². The molecule has 0 saturated heterocycles. The van der Waals surface area contributed by atoms with Gasteiger partial charge in [0.1, 0.15) is 0 Å². The van der Waals surface area contributed by atoms with Crippen LogP contribution in [0.25, 0.3) is 0 Å². The van der Waals surface area contributed by atoms with Crippen LogP contribution in [0.3, 0.4) is 0 Å². The van der Waals surface area contributed by atoms with E-state index < -0.39 is 23.3 Å². The summed E-state index contributed by atoms with van der Waals surface area (Å²) in [5, 5.41) is 18.5. The second-order valence-electron chi connectivity index (χ2n) is 3.94. The molecule has 1 aromatic rings. The van der Waals surface area contributed by atoms with Crippen LogP contribution in [0.1, 0.15) is 20.8 Å². The molecule has 0 aromatic heterocycles. The molecule has 4 nitrogen and oxygen atoms in total. The molecule has 0 aliphatic carbocycles. The molecule has 88 valence electrons. The van der Waals surface area contributed by atoms with Crippen LogP contribution in [0.4, 0.5) is 0 Å². The van der Waals surface area contributed by atoms with Crippen molar-refractivity contribution in [2.24, 2.45) is 5.92 Å². The van der Waals surface area contributed by atoms with Gasteiger partial charge in [0.05, 0.1) is 0 Å². The Kier molecular flexibility index (Phi) is 5.88. The quantitative estimate of drug-likeness (QED) is 0.520. The number of benzene rings is 1. The number of aliphatic carboxylic acids is 2. The Morgan fingerprint density at radius 1 is 1.12 bits per heavy atom. The molecule has 1 aromatic carbocycles. The molecule has 0 bridgehead atoms. The van der Waals surface area contributed by atoms with Crippen LogP contribution in [0.2, 0.25) is 0 Å². The van der Waals surface area contributed by atoms with Gasteiger partial charge < -0.3 is 11.6 Å². The van der Waals surface area contributed by atoms with Gasteiger partial charge in [-0.25, -0.2) is 0 Å². The van der Waals surface area contributed by atoms with E-state index in [9.17, 15) is 19.8 Å². The van der Waals surface area contributed by atoms with Gasteiger partial charge in [0.2, 0.25) is 0 Å². The van der Waals surface area contributed by atoms with Gasteiger partial charge in [-0.15, -0.1) is 0 Å². The summed E-state index contributed by atoms with van der Waals surface area (Å²) < 4.78 is 0. The SMILES string of the molecule is CC(C)C(C(=O)O)(C(=O)O)c1ccccc1.[H-].[Na+]. The molecule has 2 N–H and O–H groups in total. The van der Waals surface area contributed by atoms with E-state index in [1.807, 2.05) is 0 Å². The van der Waals surface area contributed by atoms with Gasteiger partial charge in [0.25, 0.3) is 0 Å². The van der Waals surface area contributed by atoms with E-state index in [1.165, 1.54) is 12.1 Å². The number of carboxylic acids is 2. The maximum absolute atomic E-state index is 11.3. The summed E-state index contributed by atoms with van der Waals surface area (Å²) in [5.74, 6) is -3.20. The summed E-state index contributed by atoms with van der Waals surface area (Å²) >= 11 is 0. The Bertz CT molecular complexity index is 392. The van der Waals surface area contributed by atoms with Crippen LogP contribution in [-0.4, -0.2) is 22.2 Å². The Balaban J connectivity index is 0. The van der Waals surface area contributed by atoms with Crippen molar-refractivity contribution < 1.29 is 50.8 Å². The van der Waals surface area contributed by atoms with Crippen LogP contribution < -0.4 is 29.6 Å². The van der Waals surface area contributed by atoms with Gasteiger partial charge >= 0.3 is 41.5 Å². The normalized spacial score (nSPS) is 10.8. The fourth-order valence-electron chi connectivity index (χ4n) is 1.87. The van der Waals surface area contributed by atoms with Crippen molar-refractivity contribution in [2.45, 2.75) is 19.3 Å². The van der Waals surface area contributed by atoms with Crippen LogP contribution in [-0.2, 0) is 15.0 Å². The Morgan fingerprint density at radius 3 is 1.82 bits per heavy atom. The van der Waals surface area contributed by atoms with Crippen molar-refractivity contribution in [3.8, 4) is 0 Å². The van der Waals surface area contributed by atoms with E-state index >= 15 is 0 Å². The van der Waals surface area contributed by atoms with E-state index in [4.69, 9.17) is 0 Å². The molecule has 0 fully saturated rings. The first-order valence-corrected chi connectivity index (χ1v) is 4.96. The van der Waals surface area contributed by atoms with E-state index in [-0.39, 0.29) is 31.0 Å². The Hall–Kier alpha value is -0.840. The molecule has 17 heavy (non-hydrogen) atoms. The summed E-state index contributed by atoms with van der Waals surface area (Å²) in [6.07, 6.45) is 0. The van der Waals surface area contributed by atoms with Gasteiger partial charge in [-0.2, -0.15) is 0 Å². The van der Waals surface area contributed by atoms with Crippen LogP contribution in [0.15, 0.2) is 30.3 Å². The molecular weight excluding hydrogens is 231 g/mol. The first kappa shape index (κ1) is 16.2. The largest absolute Gasteiger partial charge is 1.00 e. The predicted molar refractivity (Wildman–Crippen MR) is 59.3 cm³/mol. The molecule has 0 atom stereocenters. The summed E-state index contributed by atoms with van der Waals surface area (Å²) in [6.45, 7) is 3.18. The molecule has 0 radical (unpaired) electrons. The van der Waals surface area contributed by atoms with E-state index in [0.717, 1.165) is 0 Å². The third-order valence-electron chi connectivity index (χ3n) is 2.77. The fraction of sp³-hybridized carbons (Fsp3) is 0.333. The average Bonchev–Trinajstić information content (AvgIpc) is 2.18. The molecule has 5 heteroatoms. The molecule has 0 unspecified atom stereocenters. The third kappa shape index (κ3) is 2.70. The zero-order valence-corrected chi connectivity index (χ0v) is 12.2. The van der Waals surface area contributed by atoms with Crippen molar-refractivity contribution in [3.05, 3.63) is 35.9 Å². The summed E-state index contributed by atoms with van der Waals surface area (Å²) in [4.78, 5) is 22.6. The molecule has 0 aliphatic rings. The minimum atomic E-state index is -1.87. The first-order chi connectivity index (χ1) is 7.44. The molecule has 0 heterocycles. The predicted octanol–water partition coefficient (Wildman–Crippen LogP) is -1.13. The van der Waals surface area contributed by atoms with Gasteiger partial charge in [-0.05, 0) is 11.5 Å². The minimum Gasteiger partial charge on any atom is -1.00 e. The maximum atomic E-state index is 11.3. The number of hydrogen-bond acceptors (Lipinski definition) is 2. The zero-order chi connectivity index (χ0) is 12.3. The summed E-state index contributed by atoms with van der Waals surface area (Å²) in [6, 6.07) is 8.06. The number of hydrogen-bond donors (Lipinski definition) is 2. The van der Waals surface area contributed by atoms with Gasteiger partial charge in [-0.1, -0.05) is 44.2 Å². The number of carboxylic acid groups (broad SMARTS) is 2. The second kappa shape index (κ2) is 6.19. The first-order valence-electron chi connectivity index (χ1n) is 4.96. The smallest absolute Gasteiger partial charge is 1.00 e. The molecule has 0 aliphatic heterocycles. The fourth-order valence-corrected chi connectivity index (χ4v) is 1.87. The van der Waals surface area contributed by atoms with Gasteiger partial charge in [0, 0.05) is 0 Å².